The second-order valence-corrected chi connectivity index (χ2v) is 5.56. The Morgan fingerprint density at radius 2 is 1.95 bits per heavy atom. The van der Waals surface area contributed by atoms with Crippen LogP contribution in [0.5, 0.6) is 0 Å². The molecule has 0 unspecified atom stereocenters. The smallest absolute Gasteiger partial charge is 0.138 e. The summed E-state index contributed by atoms with van der Waals surface area (Å²) in [6.45, 7) is 3.71. The van der Waals surface area contributed by atoms with Crippen molar-refractivity contribution >= 4 is 11.0 Å². The first kappa shape index (κ1) is 14.8. The van der Waals surface area contributed by atoms with Crippen molar-refractivity contribution in [2.45, 2.75) is 32.8 Å². The average Bonchev–Trinajstić information content (AvgIpc) is 2.99. The van der Waals surface area contributed by atoms with E-state index in [-0.39, 0.29) is 0 Å². The van der Waals surface area contributed by atoms with E-state index in [2.05, 4.69) is 41.2 Å². The van der Waals surface area contributed by atoms with Crippen LogP contribution in [0.15, 0.2) is 48.5 Å². The van der Waals surface area contributed by atoms with Gasteiger partial charge in [0.05, 0.1) is 17.6 Å². The molecule has 0 spiro atoms. The molecule has 114 valence electrons. The molecule has 3 nitrogen and oxygen atoms in total. The fourth-order valence-corrected chi connectivity index (χ4v) is 2.54. The molecule has 0 saturated carbocycles. The predicted molar refractivity (Wildman–Crippen MR) is 90.7 cm³/mol. The molecule has 1 N–H and O–H groups in total. The average molecular weight is 294 g/mol. The topological polar surface area (TPSA) is 37.9 Å². The highest BCUT2D eigenvalue weighted by molar-refractivity contribution is 5.79. The maximum Gasteiger partial charge on any atom is 0.138 e. The summed E-state index contributed by atoms with van der Waals surface area (Å²) in [4.78, 5) is 8.02. The zero-order chi connectivity index (χ0) is 15.2. The van der Waals surface area contributed by atoms with Gasteiger partial charge in [-0.05, 0) is 30.2 Å². The fourth-order valence-electron chi connectivity index (χ4n) is 2.54. The van der Waals surface area contributed by atoms with Crippen molar-refractivity contribution in [2.75, 3.05) is 6.61 Å². The Kier molecular flexibility index (Phi) is 4.86. The van der Waals surface area contributed by atoms with Crippen LogP contribution < -0.4 is 0 Å². The molecule has 0 aliphatic heterocycles. The summed E-state index contributed by atoms with van der Waals surface area (Å²) in [7, 11) is 0. The monoisotopic (exact) mass is 294 g/mol. The van der Waals surface area contributed by atoms with Crippen molar-refractivity contribution in [3.8, 4) is 11.4 Å². The number of hydrogen-bond donors (Lipinski definition) is 1. The highest BCUT2D eigenvalue weighted by atomic mass is 16.5. The third-order valence-corrected chi connectivity index (χ3v) is 3.75. The Balaban J connectivity index is 1.70. The molecule has 0 radical (unpaired) electrons. The molecule has 1 heterocycles. The number of hydrogen-bond acceptors (Lipinski definition) is 2. The van der Waals surface area contributed by atoms with Gasteiger partial charge < -0.3 is 9.72 Å². The van der Waals surface area contributed by atoms with E-state index >= 15 is 0 Å². The van der Waals surface area contributed by atoms with Crippen molar-refractivity contribution in [1.82, 2.24) is 9.97 Å². The number of para-hydroxylation sites is 2. The van der Waals surface area contributed by atoms with Crippen molar-refractivity contribution in [2.24, 2.45) is 0 Å². The summed E-state index contributed by atoms with van der Waals surface area (Å²) < 4.78 is 5.74. The lowest BCUT2D eigenvalue weighted by molar-refractivity contribution is 0.117. The van der Waals surface area contributed by atoms with Gasteiger partial charge in [0.15, 0.2) is 0 Å². The Morgan fingerprint density at radius 3 is 2.82 bits per heavy atom. The van der Waals surface area contributed by atoms with E-state index in [1.165, 1.54) is 18.4 Å². The van der Waals surface area contributed by atoms with Gasteiger partial charge in [-0.25, -0.2) is 4.98 Å². The first-order valence-corrected chi connectivity index (χ1v) is 7.98. The van der Waals surface area contributed by atoms with Gasteiger partial charge in [-0.2, -0.15) is 0 Å². The molecule has 2 aromatic carbocycles. The minimum Gasteiger partial charge on any atom is -0.377 e. The van der Waals surface area contributed by atoms with E-state index < -0.39 is 0 Å². The van der Waals surface area contributed by atoms with Crippen molar-refractivity contribution < 1.29 is 4.74 Å². The zero-order valence-electron chi connectivity index (χ0n) is 13.0. The number of fused-ring (bicyclic) bond motifs is 1. The molecule has 0 saturated heterocycles. The standard InChI is InChI=1S/C19H22N2O/c1-2-3-6-12-22-14-15-8-7-9-16(13-15)19-20-17-10-4-5-11-18(17)21-19/h4-5,7-11,13H,2-3,6,12,14H2,1H3,(H,20,21). The van der Waals surface area contributed by atoms with Gasteiger partial charge in [-0.1, -0.05) is 50.1 Å². The summed E-state index contributed by atoms with van der Waals surface area (Å²) in [5, 5.41) is 0. The first-order valence-electron chi connectivity index (χ1n) is 7.98. The molecule has 0 atom stereocenters. The Morgan fingerprint density at radius 1 is 1.05 bits per heavy atom. The van der Waals surface area contributed by atoms with E-state index in [1.807, 2.05) is 24.3 Å². The lowest BCUT2D eigenvalue weighted by Gasteiger charge is -2.05. The van der Waals surface area contributed by atoms with Crippen LogP contribution in [0.25, 0.3) is 22.4 Å². The molecule has 0 bridgehead atoms. The quantitative estimate of drug-likeness (QED) is 0.627. The van der Waals surface area contributed by atoms with Gasteiger partial charge in [-0.3, -0.25) is 0 Å². The number of nitrogens with zero attached hydrogens (tertiary/aromatic N) is 1. The van der Waals surface area contributed by atoms with Gasteiger partial charge in [0, 0.05) is 12.2 Å². The number of rotatable bonds is 7. The number of benzene rings is 2. The third-order valence-electron chi connectivity index (χ3n) is 3.75. The number of aromatic nitrogens is 2. The summed E-state index contributed by atoms with van der Waals surface area (Å²) in [6.07, 6.45) is 3.60. The zero-order valence-corrected chi connectivity index (χ0v) is 13.0. The number of imidazole rings is 1. The Labute approximate surface area is 131 Å². The summed E-state index contributed by atoms with van der Waals surface area (Å²) >= 11 is 0. The van der Waals surface area contributed by atoms with E-state index in [0.717, 1.165) is 35.4 Å². The van der Waals surface area contributed by atoms with Gasteiger partial charge in [-0.15, -0.1) is 0 Å². The molecule has 1 aromatic heterocycles. The Hall–Kier alpha value is -2.13. The molecular weight excluding hydrogens is 272 g/mol. The molecule has 0 aliphatic carbocycles. The van der Waals surface area contributed by atoms with Crippen molar-refractivity contribution in [3.63, 3.8) is 0 Å². The number of aromatic amines is 1. The minimum atomic E-state index is 0.664. The lowest BCUT2D eigenvalue weighted by atomic mass is 10.1. The summed E-state index contributed by atoms with van der Waals surface area (Å²) in [6, 6.07) is 16.5. The fraction of sp³-hybridized carbons (Fsp3) is 0.316. The second-order valence-electron chi connectivity index (χ2n) is 5.56. The van der Waals surface area contributed by atoms with Gasteiger partial charge >= 0.3 is 0 Å². The number of unbranched alkanes of at least 4 members (excludes halogenated alkanes) is 2. The maximum atomic E-state index is 5.74. The van der Waals surface area contributed by atoms with Gasteiger partial charge in [0.1, 0.15) is 5.82 Å². The van der Waals surface area contributed by atoms with Gasteiger partial charge in [0.25, 0.3) is 0 Å². The molecule has 0 amide bonds. The SMILES string of the molecule is CCCCCOCc1cccc(-c2nc3ccccc3[nH]2)c1. The van der Waals surface area contributed by atoms with Crippen molar-refractivity contribution in [1.29, 1.82) is 0 Å². The molecule has 3 rings (SSSR count). The Bertz CT molecular complexity index is 700. The van der Waals surface area contributed by atoms with Crippen LogP contribution in [0.2, 0.25) is 0 Å². The molecule has 0 fully saturated rings. The second kappa shape index (κ2) is 7.23. The van der Waals surface area contributed by atoms with Crippen LogP contribution in [0.1, 0.15) is 31.7 Å². The highest BCUT2D eigenvalue weighted by Crippen LogP contribution is 2.21. The van der Waals surface area contributed by atoms with Gasteiger partial charge in [0.2, 0.25) is 0 Å². The van der Waals surface area contributed by atoms with E-state index in [4.69, 9.17) is 4.74 Å². The third kappa shape index (κ3) is 3.55. The number of ether oxygens (including phenoxy) is 1. The van der Waals surface area contributed by atoms with Crippen LogP contribution in [0.4, 0.5) is 0 Å². The molecular formula is C19H22N2O. The van der Waals surface area contributed by atoms with Crippen molar-refractivity contribution in [3.05, 3.63) is 54.1 Å². The summed E-state index contributed by atoms with van der Waals surface area (Å²) in [5.74, 6) is 0.911. The highest BCUT2D eigenvalue weighted by Gasteiger charge is 2.05. The molecule has 3 heteroatoms. The number of H-pyrrole nitrogens is 1. The predicted octanol–water partition coefficient (Wildman–Crippen LogP) is 4.94. The van der Waals surface area contributed by atoms with E-state index in [9.17, 15) is 0 Å². The molecule has 3 aromatic rings. The van der Waals surface area contributed by atoms with Crippen LogP contribution in [-0.4, -0.2) is 16.6 Å². The lowest BCUT2D eigenvalue weighted by Crippen LogP contribution is -1.95. The van der Waals surface area contributed by atoms with Crippen LogP contribution in [-0.2, 0) is 11.3 Å². The van der Waals surface area contributed by atoms with Crippen LogP contribution in [0, 0.1) is 0 Å². The largest absolute Gasteiger partial charge is 0.377 e. The first-order chi connectivity index (χ1) is 10.9. The molecule has 22 heavy (non-hydrogen) atoms. The van der Waals surface area contributed by atoms with Crippen LogP contribution >= 0.6 is 0 Å². The molecule has 0 aliphatic rings. The maximum absolute atomic E-state index is 5.74. The normalized spacial score (nSPS) is 11.1. The van der Waals surface area contributed by atoms with Crippen LogP contribution in [0.3, 0.4) is 0 Å². The summed E-state index contributed by atoms with van der Waals surface area (Å²) in [5.41, 5.74) is 4.36. The minimum absolute atomic E-state index is 0.664. The number of nitrogens with one attached hydrogen (secondary N) is 1. The van der Waals surface area contributed by atoms with E-state index in [0.29, 0.717) is 6.61 Å². The van der Waals surface area contributed by atoms with E-state index in [1.54, 1.807) is 0 Å².